The summed E-state index contributed by atoms with van der Waals surface area (Å²) in [6, 6.07) is 19.1. The SMILES string of the molecule is [2H]CCCN1CC(Cc2ccc(C3Oc4cc(O)ccc4C(C([2H])([2H])[2H])=C3c3ccc(O)cc3)cc2)C1. The average Bonchev–Trinajstić information content (AvgIpc) is 2.84. The van der Waals surface area contributed by atoms with Crippen LogP contribution in [0.2, 0.25) is 0 Å². The van der Waals surface area contributed by atoms with Crippen molar-refractivity contribution in [2.24, 2.45) is 5.92 Å². The lowest BCUT2D eigenvalue weighted by Gasteiger charge is -2.39. The Morgan fingerprint density at radius 3 is 2.45 bits per heavy atom. The van der Waals surface area contributed by atoms with Crippen LogP contribution in [0.4, 0.5) is 0 Å². The van der Waals surface area contributed by atoms with Crippen molar-refractivity contribution in [2.45, 2.75) is 32.7 Å². The van der Waals surface area contributed by atoms with Crippen molar-refractivity contribution in [1.29, 1.82) is 0 Å². The maximum Gasteiger partial charge on any atom is 0.150 e. The Bertz CT molecular complexity index is 1280. The number of hydrogen-bond acceptors (Lipinski definition) is 4. The lowest BCUT2D eigenvalue weighted by atomic mass is 9.85. The maximum atomic E-state index is 10.1. The van der Waals surface area contributed by atoms with Crippen LogP contribution in [0.25, 0.3) is 11.1 Å². The molecule has 170 valence electrons. The van der Waals surface area contributed by atoms with Gasteiger partial charge in [0.15, 0.2) is 0 Å². The molecule has 4 heteroatoms. The Hall–Kier alpha value is -3.24. The highest BCUT2D eigenvalue weighted by Gasteiger charge is 2.30. The van der Waals surface area contributed by atoms with Crippen molar-refractivity contribution in [2.75, 3.05) is 19.6 Å². The topological polar surface area (TPSA) is 52.9 Å². The summed E-state index contributed by atoms with van der Waals surface area (Å²) < 4.78 is 38.8. The van der Waals surface area contributed by atoms with Crippen LogP contribution in [0, 0.1) is 5.92 Å². The normalized spacial score (nSPS) is 20.7. The molecule has 33 heavy (non-hydrogen) atoms. The second kappa shape index (κ2) is 8.95. The molecule has 0 spiro atoms. The molecule has 3 aromatic carbocycles. The van der Waals surface area contributed by atoms with E-state index in [1.165, 1.54) is 29.8 Å². The highest BCUT2D eigenvalue weighted by Crippen LogP contribution is 2.47. The Labute approximate surface area is 201 Å². The molecule has 2 aliphatic heterocycles. The zero-order valence-corrected chi connectivity index (χ0v) is 18.5. The number of allylic oxidation sites excluding steroid dienone is 1. The fraction of sp³-hybridized carbons (Fsp3) is 0.310. The molecule has 1 unspecified atom stereocenters. The second-order valence-electron chi connectivity index (χ2n) is 8.94. The summed E-state index contributed by atoms with van der Waals surface area (Å²) in [5, 5.41) is 19.9. The molecule has 0 aliphatic carbocycles. The van der Waals surface area contributed by atoms with Gasteiger partial charge in [0.05, 0.1) is 0 Å². The fourth-order valence-electron chi connectivity index (χ4n) is 4.82. The van der Waals surface area contributed by atoms with Crippen molar-refractivity contribution in [1.82, 2.24) is 4.90 Å². The number of ether oxygens (including phenoxy) is 1. The zero-order valence-electron chi connectivity index (χ0n) is 22.5. The van der Waals surface area contributed by atoms with Gasteiger partial charge in [0.2, 0.25) is 0 Å². The maximum absolute atomic E-state index is 10.1. The molecule has 2 N–H and O–H groups in total. The van der Waals surface area contributed by atoms with E-state index in [1.807, 2.05) is 12.1 Å². The summed E-state index contributed by atoms with van der Waals surface area (Å²) in [5.41, 5.74) is 3.81. The molecule has 4 nitrogen and oxygen atoms in total. The van der Waals surface area contributed by atoms with Crippen molar-refractivity contribution in [3.63, 3.8) is 0 Å². The van der Waals surface area contributed by atoms with E-state index in [2.05, 4.69) is 17.0 Å². The van der Waals surface area contributed by atoms with E-state index >= 15 is 0 Å². The Kier molecular flexibility index (Phi) is 4.68. The van der Waals surface area contributed by atoms with Gasteiger partial charge in [-0.2, -0.15) is 0 Å². The first-order valence-electron chi connectivity index (χ1n) is 13.6. The molecule has 1 saturated heterocycles. The number of likely N-dealkylation sites (tertiary alicyclic amines) is 1. The molecule has 2 heterocycles. The van der Waals surface area contributed by atoms with Gasteiger partial charge in [-0.15, -0.1) is 0 Å². The van der Waals surface area contributed by atoms with E-state index in [9.17, 15) is 10.2 Å². The second-order valence-corrected chi connectivity index (χ2v) is 8.94. The van der Waals surface area contributed by atoms with Crippen LogP contribution in [-0.4, -0.2) is 34.7 Å². The van der Waals surface area contributed by atoms with E-state index < -0.39 is 13.0 Å². The molecule has 3 aromatic rings. The molecule has 1 fully saturated rings. The molecule has 0 saturated carbocycles. The minimum Gasteiger partial charge on any atom is -0.508 e. The van der Waals surface area contributed by atoms with Gasteiger partial charge >= 0.3 is 0 Å². The number of benzene rings is 3. The number of hydrogen-bond donors (Lipinski definition) is 2. The van der Waals surface area contributed by atoms with E-state index in [0.29, 0.717) is 35.3 Å². The number of rotatable bonds is 6. The Morgan fingerprint density at radius 1 is 0.970 bits per heavy atom. The lowest BCUT2D eigenvalue weighted by Crippen LogP contribution is -2.47. The summed E-state index contributed by atoms with van der Waals surface area (Å²) in [5.74, 6) is 1.03. The van der Waals surface area contributed by atoms with Crippen LogP contribution in [0.1, 0.15) is 54.0 Å². The van der Waals surface area contributed by atoms with Crippen molar-refractivity contribution < 1.29 is 20.4 Å². The Morgan fingerprint density at radius 2 is 1.73 bits per heavy atom. The third-order valence-electron chi connectivity index (χ3n) is 6.50. The zero-order chi connectivity index (χ0) is 26.2. The van der Waals surface area contributed by atoms with Gasteiger partial charge < -0.3 is 19.8 Å². The summed E-state index contributed by atoms with van der Waals surface area (Å²) in [6.07, 6.45) is 1.19. The van der Waals surface area contributed by atoms with E-state index in [-0.39, 0.29) is 17.1 Å². The van der Waals surface area contributed by atoms with E-state index in [4.69, 9.17) is 10.2 Å². The van der Waals surface area contributed by atoms with Crippen LogP contribution in [-0.2, 0) is 6.42 Å². The molecule has 0 amide bonds. The Balaban J connectivity index is 1.49. The first kappa shape index (κ1) is 17.3. The van der Waals surface area contributed by atoms with Gasteiger partial charge in [-0.25, -0.2) is 0 Å². The van der Waals surface area contributed by atoms with Crippen molar-refractivity contribution in [3.8, 4) is 17.2 Å². The fourth-order valence-corrected chi connectivity index (χ4v) is 4.82. The molecule has 1 atom stereocenters. The molecular weight excluding hydrogens is 410 g/mol. The monoisotopic (exact) mass is 445 g/mol. The quantitative estimate of drug-likeness (QED) is 0.485. The largest absolute Gasteiger partial charge is 0.508 e. The summed E-state index contributed by atoms with van der Waals surface area (Å²) >= 11 is 0. The number of aromatic hydroxyl groups is 2. The van der Waals surface area contributed by atoms with E-state index in [1.54, 1.807) is 18.2 Å². The minimum atomic E-state index is -2.43. The summed E-state index contributed by atoms with van der Waals surface area (Å²) in [6.45, 7) is 1.15. The molecular formula is C29H31NO3. The molecule has 2 aliphatic rings. The molecule has 0 bridgehead atoms. The average molecular weight is 446 g/mol. The van der Waals surface area contributed by atoms with Crippen LogP contribution in [0.5, 0.6) is 17.2 Å². The number of phenolic OH excluding ortho intramolecular Hbond substituents is 2. The molecule has 0 aromatic heterocycles. The molecule has 5 rings (SSSR count). The molecule has 0 radical (unpaired) electrons. The first-order chi connectivity index (χ1) is 17.7. The third-order valence-corrected chi connectivity index (χ3v) is 6.50. The standard InChI is InChI=1S/C29H31NO3/c1-3-14-30-17-21(18-30)15-20-4-6-23(7-5-20)29-28(22-8-10-24(31)11-9-22)19(2)26-13-12-25(32)16-27(26)33-29/h4-13,16,21,29,31-32H,3,14-15,17-18H2,1-2H3/i1D,2D3. The van der Waals surface area contributed by atoms with Crippen LogP contribution in [0.3, 0.4) is 0 Å². The van der Waals surface area contributed by atoms with Gasteiger partial charge in [-0.05, 0) is 78.7 Å². The smallest absolute Gasteiger partial charge is 0.150 e. The summed E-state index contributed by atoms with van der Waals surface area (Å²) in [7, 11) is 0. The van der Waals surface area contributed by atoms with Crippen molar-refractivity contribution in [3.05, 3.63) is 89.0 Å². The van der Waals surface area contributed by atoms with Crippen LogP contribution in [0.15, 0.2) is 66.7 Å². The number of phenols is 2. The predicted molar refractivity (Wildman–Crippen MR) is 132 cm³/mol. The summed E-state index contributed by atoms with van der Waals surface area (Å²) in [4.78, 5) is 2.39. The van der Waals surface area contributed by atoms with Crippen LogP contribution < -0.4 is 4.74 Å². The van der Waals surface area contributed by atoms with E-state index in [0.717, 1.165) is 38.0 Å². The number of nitrogens with zero attached hydrogens (tertiary/aromatic N) is 1. The first-order valence-corrected chi connectivity index (χ1v) is 11.4. The number of fused-ring (bicyclic) bond motifs is 1. The van der Waals surface area contributed by atoms with Gasteiger partial charge in [-0.1, -0.05) is 43.3 Å². The highest BCUT2D eigenvalue weighted by molar-refractivity contribution is 5.95. The minimum absolute atomic E-state index is 0.00286. The highest BCUT2D eigenvalue weighted by atomic mass is 16.5. The van der Waals surface area contributed by atoms with Gasteiger partial charge in [0.25, 0.3) is 0 Å². The lowest BCUT2D eigenvalue weighted by molar-refractivity contribution is 0.101. The van der Waals surface area contributed by atoms with Gasteiger partial charge in [0.1, 0.15) is 23.4 Å². The predicted octanol–water partition coefficient (Wildman–Crippen LogP) is 6.05. The van der Waals surface area contributed by atoms with Gasteiger partial charge in [-0.3, -0.25) is 0 Å². The van der Waals surface area contributed by atoms with Gasteiger partial charge in [0, 0.05) is 35.8 Å². The third kappa shape index (κ3) is 4.36. The van der Waals surface area contributed by atoms with Crippen LogP contribution >= 0.6 is 0 Å². The van der Waals surface area contributed by atoms with Crippen molar-refractivity contribution >= 4 is 11.1 Å².